The van der Waals surface area contributed by atoms with E-state index in [9.17, 15) is 19.2 Å². The number of hydrogen-bond donors (Lipinski definition) is 0. The maximum Gasteiger partial charge on any atom is 0.500 e. The van der Waals surface area contributed by atoms with E-state index in [1.807, 2.05) is 37.4 Å². The molecule has 0 amide bonds. The second-order valence-corrected chi connectivity index (χ2v) is 47.6. The quantitative estimate of drug-likeness (QED) is 0.00858. The van der Waals surface area contributed by atoms with Gasteiger partial charge in [-0.15, -0.1) is 0 Å². The molecule has 7 aromatic rings. The molecule has 0 N–H and O–H groups in total. The molecule has 8 atom stereocenters. The van der Waals surface area contributed by atoms with Gasteiger partial charge in [0.25, 0.3) is 0 Å². The van der Waals surface area contributed by atoms with Gasteiger partial charge in [0.1, 0.15) is 57.8 Å². The van der Waals surface area contributed by atoms with Crippen LogP contribution in [0, 0.1) is 52.9 Å². The van der Waals surface area contributed by atoms with E-state index in [1.165, 1.54) is 51.4 Å². The summed E-state index contributed by atoms with van der Waals surface area (Å²) >= 11 is 0. The molecule has 29 heteroatoms. The van der Waals surface area contributed by atoms with Crippen LogP contribution < -0.4 is 42.6 Å². The lowest BCUT2D eigenvalue weighted by molar-refractivity contribution is -0.0594. The number of hydrogen-bond acceptors (Lipinski definition) is 24. The summed E-state index contributed by atoms with van der Waals surface area (Å²) in [6.07, 6.45) is 19.7. The van der Waals surface area contributed by atoms with E-state index in [1.54, 1.807) is 236 Å². The summed E-state index contributed by atoms with van der Waals surface area (Å²) in [5, 5.41) is 0. The lowest BCUT2D eigenvalue weighted by Gasteiger charge is -2.58. The lowest BCUT2D eigenvalue weighted by Crippen LogP contribution is -2.51. The van der Waals surface area contributed by atoms with Crippen LogP contribution in [0.25, 0.3) is 4.85 Å². The van der Waals surface area contributed by atoms with Gasteiger partial charge in [0.2, 0.25) is 0 Å². The van der Waals surface area contributed by atoms with E-state index >= 15 is 0 Å². The maximum absolute atomic E-state index is 13.2. The molecule has 0 radical (unpaired) electrons. The van der Waals surface area contributed by atoms with Gasteiger partial charge >= 0.3 is 58.6 Å². The summed E-state index contributed by atoms with van der Waals surface area (Å²) < 4.78 is 110. The fraction of sp³-hybridized carbons (Fsp3) is 0.529. The van der Waals surface area contributed by atoms with E-state index in [4.69, 9.17) is 98.2 Å². The number of carbonyl (C=O) groups excluding carboxylic acids is 4. The molecule has 25 nitrogen and oxygen atoms in total. The predicted octanol–water partition coefficient (Wildman–Crippen LogP) is 24.6. The molecule has 3 saturated carbocycles. The smallest absolute Gasteiger partial charge is 0.497 e. The zero-order valence-electron chi connectivity index (χ0n) is 79.3. The molecule has 11 rings (SSSR count). The number of allylic oxidation sites excluding steroid dienone is 1. The van der Waals surface area contributed by atoms with Crippen LogP contribution in [0.1, 0.15) is 202 Å². The second kappa shape index (κ2) is 57.7. The third kappa shape index (κ3) is 34.3. The first-order chi connectivity index (χ1) is 62.0. The Morgan fingerprint density at radius 1 is 0.391 bits per heavy atom. The Hall–Kier alpha value is -9.08. The second-order valence-electron chi connectivity index (χ2n) is 34.3. The molecule has 4 aliphatic rings. The first-order valence-corrected chi connectivity index (χ1v) is 53.7. The van der Waals surface area contributed by atoms with Gasteiger partial charge in [-0.1, -0.05) is 107 Å². The summed E-state index contributed by atoms with van der Waals surface area (Å²) in [4.78, 5) is 53.1. The Morgan fingerprint density at radius 2 is 0.729 bits per heavy atom. The Balaban J connectivity index is 0.000000380. The molecule has 736 valence electrons. The third-order valence-corrected chi connectivity index (χ3v) is 37.7. The molecule has 3 fully saturated rings. The van der Waals surface area contributed by atoms with E-state index in [0.717, 1.165) is 98.3 Å². The summed E-state index contributed by atoms with van der Waals surface area (Å²) in [6.45, 7) is 25.6. The molecule has 0 aliphatic heterocycles. The van der Waals surface area contributed by atoms with Crippen molar-refractivity contribution >= 4 is 64.3 Å². The average Bonchev–Trinajstić information content (AvgIpc) is 1.67. The maximum atomic E-state index is 13.2. The van der Waals surface area contributed by atoms with Crippen LogP contribution in [0.5, 0.6) is 51.7 Å². The van der Waals surface area contributed by atoms with Crippen molar-refractivity contribution in [3.05, 3.63) is 215 Å². The number of methoxy groups -OCH3 is 2. The topological polar surface area (TPSA) is 257 Å². The highest BCUT2D eigenvalue weighted by molar-refractivity contribution is 6.66. The highest BCUT2D eigenvalue weighted by atomic mass is 28.4. The minimum absolute atomic E-state index is 0. The average molecular weight is 1920 g/mol. The third-order valence-electron chi connectivity index (χ3n) is 26.1. The monoisotopic (exact) mass is 1910 g/mol. The van der Waals surface area contributed by atoms with Crippen molar-refractivity contribution in [1.82, 2.24) is 0 Å². The van der Waals surface area contributed by atoms with Crippen molar-refractivity contribution in [1.29, 1.82) is 0 Å². The largest absolute Gasteiger partial charge is 0.500 e. The van der Waals surface area contributed by atoms with Crippen molar-refractivity contribution in [2.75, 3.05) is 112 Å². The first-order valence-electron chi connectivity index (χ1n) is 44.8. The molecule has 4 aliphatic carbocycles. The summed E-state index contributed by atoms with van der Waals surface area (Å²) in [5.41, 5.74) is 4.72. The summed E-state index contributed by atoms with van der Waals surface area (Å²) in [5.74, 6) is 8.97. The molecular weight excluding hydrogens is 1760 g/mol. The molecule has 0 spiro atoms. The van der Waals surface area contributed by atoms with E-state index < -0.39 is 52.6 Å². The number of carbonyl (C=O) groups is 4. The van der Waals surface area contributed by atoms with Crippen LogP contribution in [-0.4, -0.2) is 176 Å². The number of fused-ring (bicyclic) bond motifs is 5. The zero-order valence-corrected chi connectivity index (χ0v) is 83.3. The van der Waals surface area contributed by atoms with Gasteiger partial charge in [0.15, 0.2) is 5.69 Å². The van der Waals surface area contributed by atoms with Gasteiger partial charge < -0.3 is 91.6 Å². The number of benzene rings is 7. The van der Waals surface area contributed by atoms with Gasteiger partial charge in [-0.25, -0.2) is 24.0 Å². The van der Waals surface area contributed by atoms with E-state index in [-0.39, 0.29) is 47.2 Å². The first kappa shape index (κ1) is 116. The van der Waals surface area contributed by atoms with Gasteiger partial charge in [0.05, 0.1) is 69.5 Å². The van der Waals surface area contributed by atoms with Gasteiger partial charge in [-0.2, -0.15) is 0 Å². The standard InChI is InChI=1S/C40H64O6Si.C20H23NO5Si.C20H26O7Si.C20H26O6Si.4CH4/c1-28(2)11-9-12-29(3)35-19-20-36-34-18-15-31-27-33(21-23-39(31,4)37(34)22-24-40(35,36)5)46-38(41)30-13-16-32(17-14-30)45-25-10-26-47(42-6,43-7)44-8;1-21-17-8-12-19(13-9-17)26-20(22)16-6-10-18(11-7-16)25-14-5-15-27(4,23-2)24-3;1-22-17-10-12-19(13-11-17)27-20(21)16-6-8-18(9-7-16)26-14-5-15-28(23-2,24-3)25-4;1-22-17-10-12-19(13-11-17)26-20(21)16-6-8-18(9-7-16)25-14-5-15-27(4,23-2)24-3;;;;/h13-17,28-29,33-37H,9-12,18-27H2,1-8H3;6-13H,5,14-15H2,2-4H3;6-13H,5,14-15H2,1-4H3;6-13H,5,14-15H2,1-4H3;4*1H4/t29?,33?,34?,35?,36-,37-,39?,40?;;;;;;;/m0......./s1. The van der Waals surface area contributed by atoms with Crippen molar-refractivity contribution < 1.29 is 111 Å². The fourth-order valence-electron chi connectivity index (χ4n) is 17.9. The van der Waals surface area contributed by atoms with Gasteiger partial charge in [0, 0.05) is 89.6 Å². The number of ether oxygens (including phenoxy) is 10. The number of rotatable bonds is 45. The Kier molecular flexibility index (Phi) is 50.4. The summed E-state index contributed by atoms with van der Waals surface area (Å²) in [7, 11) is 10.2. The fourth-order valence-corrected chi connectivity index (χ4v) is 24.0. The van der Waals surface area contributed by atoms with Crippen molar-refractivity contribution in [3.8, 4) is 51.7 Å². The highest BCUT2D eigenvalue weighted by Crippen LogP contribution is 2.67. The molecule has 7 aromatic carbocycles. The van der Waals surface area contributed by atoms with Crippen LogP contribution in [0.4, 0.5) is 5.69 Å². The Bertz CT molecular complexity index is 4560. The van der Waals surface area contributed by atoms with Crippen molar-refractivity contribution in [3.63, 3.8) is 0 Å². The molecular formula is C104H155NO24Si4. The van der Waals surface area contributed by atoms with E-state index in [2.05, 4.69) is 45.5 Å². The summed E-state index contributed by atoms with van der Waals surface area (Å²) in [6, 6.07) is 50.9. The normalized spacial score (nSPS) is 18.3. The van der Waals surface area contributed by atoms with Gasteiger partial charge in [-0.3, -0.25) is 0 Å². The molecule has 0 bridgehead atoms. The minimum Gasteiger partial charge on any atom is -0.497 e. The van der Waals surface area contributed by atoms with Crippen molar-refractivity contribution in [2.24, 2.45) is 46.3 Å². The molecule has 0 aromatic heterocycles. The highest BCUT2D eigenvalue weighted by Gasteiger charge is 2.59. The SMILES string of the molecule is C.C.C.C.CO[Si](CCCOc1ccc(C(=O)OC2CCC3(C)C(=CCC4[C@@H]3CCC3(C)C(C(C)CCCC(C)C)CC[C@@H]43)C2)cc1)(OC)OC.COc1ccc(OC(=O)c2ccc(OCCC[Si](C)(OC)OC)cc2)cc1.COc1ccc(OC(=O)c2ccc(OCCC[Si](OC)(OC)OC)cc2)cc1.[C-]#[N+]c1ccc(OC(=O)c2ccc(OCCC[Si](C)(OC)OC)cc2)cc1. The van der Waals surface area contributed by atoms with Crippen LogP contribution in [0.3, 0.4) is 0 Å². The van der Waals surface area contributed by atoms with Crippen molar-refractivity contribution in [2.45, 2.75) is 204 Å². The number of nitrogens with zero attached hydrogens (tertiary/aromatic N) is 1. The molecule has 0 saturated heterocycles. The Morgan fingerprint density at radius 3 is 1.07 bits per heavy atom. The predicted molar refractivity (Wildman–Crippen MR) is 533 cm³/mol. The molecule has 0 heterocycles. The number of esters is 4. The van der Waals surface area contributed by atoms with E-state index in [0.29, 0.717) is 118 Å². The molecule has 133 heavy (non-hydrogen) atoms. The Labute approximate surface area is 799 Å². The zero-order chi connectivity index (χ0) is 93.6. The van der Waals surface area contributed by atoms with Crippen LogP contribution >= 0.6 is 0 Å². The van der Waals surface area contributed by atoms with Gasteiger partial charge in [-0.05, 0) is 300 Å². The van der Waals surface area contributed by atoms with Crippen LogP contribution in [0.15, 0.2) is 182 Å². The van der Waals surface area contributed by atoms with Crippen LogP contribution in [0.2, 0.25) is 37.3 Å². The minimum atomic E-state index is -2.59. The van der Waals surface area contributed by atoms with Crippen LogP contribution in [-0.2, 0) is 49.0 Å². The lowest BCUT2D eigenvalue weighted by atomic mass is 9.47. The molecule has 6 unspecified atom stereocenters.